The van der Waals surface area contributed by atoms with Crippen molar-refractivity contribution in [3.63, 3.8) is 0 Å². The molecule has 1 N–H and O–H groups in total. The first-order valence-corrected chi connectivity index (χ1v) is 6.72. The molecular formula is C14H17F3N2O3. The second-order valence-electron chi connectivity index (χ2n) is 4.83. The van der Waals surface area contributed by atoms with Crippen molar-refractivity contribution < 1.29 is 27.9 Å². The first kappa shape index (κ1) is 17.9. The fraction of sp³-hybridized carbons (Fsp3) is 0.500. The predicted molar refractivity (Wildman–Crippen MR) is 72.8 cm³/mol. The smallest absolute Gasteiger partial charge is 0.406 e. The molecule has 0 aliphatic heterocycles. The van der Waals surface area contributed by atoms with Gasteiger partial charge in [0.05, 0.1) is 11.3 Å². The van der Waals surface area contributed by atoms with Crippen molar-refractivity contribution in [3.8, 4) is 0 Å². The van der Waals surface area contributed by atoms with Crippen molar-refractivity contribution in [1.29, 1.82) is 0 Å². The minimum absolute atomic E-state index is 0.0315. The Morgan fingerprint density at radius 3 is 2.41 bits per heavy atom. The van der Waals surface area contributed by atoms with E-state index in [0.29, 0.717) is 17.7 Å². The highest BCUT2D eigenvalue weighted by molar-refractivity contribution is 5.94. The molecule has 0 radical (unpaired) electrons. The van der Waals surface area contributed by atoms with Crippen LogP contribution in [0.25, 0.3) is 0 Å². The van der Waals surface area contributed by atoms with Crippen molar-refractivity contribution in [3.05, 3.63) is 29.1 Å². The number of carboxylic acid groups (broad SMARTS) is 1. The SMILES string of the molecule is CCCCN(CC(F)(F)F)C(=O)c1ccc(C(=O)O)c(C)n1. The number of amides is 1. The lowest BCUT2D eigenvalue weighted by atomic mass is 10.1. The number of pyridine rings is 1. The van der Waals surface area contributed by atoms with Gasteiger partial charge in [0.1, 0.15) is 12.2 Å². The van der Waals surface area contributed by atoms with Gasteiger partial charge in [-0.2, -0.15) is 13.2 Å². The van der Waals surface area contributed by atoms with Gasteiger partial charge in [0.15, 0.2) is 0 Å². The maximum atomic E-state index is 12.6. The molecule has 1 heterocycles. The summed E-state index contributed by atoms with van der Waals surface area (Å²) >= 11 is 0. The van der Waals surface area contributed by atoms with Crippen molar-refractivity contribution in [2.45, 2.75) is 32.9 Å². The molecule has 122 valence electrons. The lowest BCUT2D eigenvalue weighted by Crippen LogP contribution is -2.40. The van der Waals surface area contributed by atoms with E-state index in [1.165, 1.54) is 13.0 Å². The van der Waals surface area contributed by atoms with E-state index in [2.05, 4.69) is 4.98 Å². The fourth-order valence-electron chi connectivity index (χ4n) is 1.89. The van der Waals surface area contributed by atoms with Gasteiger partial charge in [0.2, 0.25) is 0 Å². The van der Waals surface area contributed by atoms with Crippen LogP contribution in [0.15, 0.2) is 12.1 Å². The van der Waals surface area contributed by atoms with E-state index in [4.69, 9.17) is 5.11 Å². The van der Waals surface area contributed by atoms with E-state index in [9.17, 15) is 22.8 Å². The molecule has 0 aliphatic carbocycles. The highest BCUT2D eigenvalue weighted by atomic mass is 19.4. The third-order valence-corrected chi connectivity index (χ3v) is 2.97. The summed E-state index contributed by atoms with van der Waals surface area (Å²) in [6.45, 7) is 1.81. The Kier molecular flexibility index (Phi) is 5.90. The van der Waals surface area contributed by atoms with Crippen molar-refractivity contribution in [2.75, 3.05) is 13.1 Å². The summed E-state index contributed by atoms with van der Waals surface area (Å²) in [4.78, 5) is 27.6. The highest BCUT2D eigenvalue weighted by Crippen LogP contribution is 2.19. The Balaban J connectivity index is 3.02. The molecule has 0 saturated carbocycles. The third-order valence-electron chi connectivity index (χ3n) is 2.97. The van der Waals surface area contributed by atoms with Crippen LogP contribution in [-0.2, 0) is 0 Å². The summed E-state index contributed by atoms with van der Waals surface area (Å²) in [5.74, 6) is -2.06. The number of carbonyl (C=O) groups is 2. The van der Waals surface area contributed by atoms with Crippen molar-refractivity contribution >= 4 is 11.9 Å². The summed E-state index contributed by atoms with van der Waals surface area (Å²) in [7, 11) is 0. The van der Waals surface area contributed by atoms with Crippen LogP contribution in [0.5, 0.6) is 0 Å². The lowest BCUT2D eigenvalue weighted by molar-refractivity contribution is -0.140. The molecule has 8 heteroatoms. The third kappa shape index (κ3) is 5.01. The van der Waals surface area contributed by atoms with Gasteiger partial charge >= 0.3 is 12.1 Å². The largest absolute Gasteiger partial charge is 0.478 e. The fourth-order valence-corrected chi connectivity index (χ4v) is 1.89. The molecule has 0 spiro atoms. The maximum absolute atomic E-state index is 12.6. The molecule has 0 saturated heterocycles. The van der Waals surface area contributed by atoms with Gasteiger partial charge in [0.25, 0.3) is 5.91 Å². The molecule has 0 aliphatic rings. The summed E-state index contributed by atoms with van der Waals surface area (Å²) < 4.78 is 37.7. The molecule has 5 nitrogen and oxygen atoms in total. The average molecular weight is 318 g/mol. The number of hydrogen-bond donors (Lipinski definition) is 1. The van der Waals surface area contributed by atoms with Crippen LogP contribution < -0.4 is 0 Å². The molecule has 0 fully saturated rings. The zero-order valence-corrected chi connectivity index (χ0v) is 12.3. The summed E-state index contributed by atoms with van der Waals surface area (Å²) in [5.41, 5.74) is -0.198. The van der Waals surface area contributed by atoms with E-state index in [0.717, 1.165) is 6.07 Å². The highest BCUT2D eigenvalue weighted by Gasteiger charge is 2.33. The zero-order chi connectivity index (χ0) is 16.9. The van der Waals surface area contributed by atoms with Crippen LogP contribution in [0.2, 0.25) is 0 Å². The number of unbranched alkanes of at least 4 members (excludes halogenated alkanes) is 1. The Labute approximate surface area is 125 Å². The molecule has 1 rings (SSSR count). The van der Waals surface area contributed by atoms with Crippen LogP contribution in [0, 0.1) is 6.92 Å². The van der Waals surface area contributed by atoms with Gasteiger partial charge in [-0.05, 0) is 25.5 Å². The van der Waals surface area contributed by atoms with E-state index in [1.54, 1.807) is 6.92 Å². The van der Waals surface area contributed by atoms with Crippen LogP contribution in [0.1, 0.15) is 46.3 Å². The van der Waals surface area contributed by atoms with Crippen LogP contribution in [0.3, 0.4) is 0 Å². The number of carbonyl (C=O) groups excluding carboxylic acids is 1. The van der Waals surface area contributed by atoms with Gasteiger partial charge in [0, 0.05) is 6.54 Å². The molecule has 1 aromatic rings. The topological polar surface area (TPSA) is 70.5 Å². The molecule has 0 bridgehead atoms. The number of halogens is 3. The molecule has 1 amide bonds. The number of aryl methyl sites for hydroxylation is 1. The van der Waals surface area contributed by atoms with E-state index < -0.39 is 24.6 Å². The summed E-state index contributed by atoms with van der Waals surface area (Å²) in [6, 6.07) is 2.30. The van der Waals surface area contributed by atoms with Crippen molar-refractivity contribution in [1.82, 2.24) is 9.88 Å². The monoisotopic (exact) mass is 318 g/mol. The van der Waals surface area contributed by atoms with Crippen LogP contribution in [0.4, 0.5) is 13.2 Å². The second-order valence-corrected chi connectivity index (χ2v) is 4.83. The molecule has 0 aromatic carbocycles. The number of aromatic carboxylic acids is 1. The predicted octanol–water partition coefficient (Wildman–Crippen LogP) is 2.89. The number of hydrogen-bond acceptors (Lipinski definition) is 3. The van der Waals surface area contributed by atoms with Crippen LogP contribution in [-0.4, -0.2) is 46.1 Å². The molecule has 22 heavy (non-hydrogen) atoms. The average Bonchev–Trinajstić information content (AvgIpc) is 2.40. The van der Waals surface area contributed by atoms with Crippen LogP contribution >= 0.6 is 0 Å². The number of aromatic nitrogens is 1. The number of alkyl halides is 3. The quantitative estimate of drug-likeness (QED) is 0.875. The van der Waals surface area contributed by atoms with Gasteiger partial charge in [-0.15, -0.1) is 0 Å². The minimum Gasteiger partial charge on any atom is -0.478 e. The van der Waals surface area contributed by atoms with E-state index >= 15 is 0 Å². The normalized spacial score (nSPS) is 11.3. The first-order chi connectivity index (χ1) is 10.2. The summed E-state index contributed by atoms with van der Waals surface area (Å²) in [6.07, 6.45) is -3.42. The Morgan fingerprint density at radius 2 is 1.95 bits per heavy atom. The Hall–Kier alpha value is -2.12. The first-order valence-electron chi connectivity index (χ1n) is 6.72. The molecular weight excluding hydrogens is 301 g/mol. The number of rotatable bonds is 6. The van der Waals surface area contributed by atoms with Gasteiger partial charge in [-0.1, -0.05) is 13.3 Å². The maximum Gasteiger partial charge on any atom is 0.406 e. The van der Waals surface area contributed by atoms with E-state index in [1.807, 2.05) is 0 Å². The zero-order valence-electron chi connectivity index (χ0n) is 12.3. The summed E-state index contributed by atoms with van der Waals surface area (Å²) in [5, 5.41) is 8.89. The van der Waals surface area contributed by atoms with Gasteiger partial charge in [-0.25, -0.2) is 9.78 Å². The molecule has 0 unspecified atom stereocenters. The Bertz CT molecular complexity index is 559. The standard InChI is InChI=1S/C14H17F3N2O3/c1-3-4-7-19(8-14(15,16)17)12(20)11-6-5-10(13(21)22)9(2)18-11/h5-6H,3-4,7-8H2,1-2H3,(H,21,22). The van der Waals surface area contributed by atoms with Crippen molar-refractivity contribution in [2.24, 2.45) is 0 Å². The van der Waals surface area contributed by atoms with Gasteiger partial charge in [-0.3, -0.25) is 4.79 Å². The molecule has 1 aromatic heterocycles. The minimum atomic E-state index is -4.50. The second kappa shape index (κ2) is 7.24. The number of carboxylic acids is 1. The Morgan fingerprint density at radius 1 is 1.32 bits per heavy atom. The molecule has 0 atom stereocenters. The number of nitrogens with zero attached hydrogens (tertiary/aromatic N) is 2. The van der Waals surface area contributed by atoms with E-state index in [-0.39, 0.29) is 23.5 Å². The lowest BCUT2D eigenvalue weighted by Gasteiger charge is -2.23. The van der Waals surface area contributed by atoms with Gasteiger partial charge < -0.3 is 10.0 Å².